The molecule has 0 radical (unpaired) electrons. The van der Waals surface area contributed by atoms with E-state index in [1.807, 2.05) is 13.8 Å². The van der Waals surface area contributed by atoms with E-state index in [9.17, 15) is 4.39 Å². The minimum atomic E-state index is -0.569. The van der Waals surface area contributed by atoms with Crippen molar-refractivity contribution in [2.24, 2.45) is 11.7 Å². The lowest BCUT2D eigenvalue weighted by atomic mass is 9.86. The lowest BCUT2D eigenvalue weighted by molar-refractivity contribution is 0.160. The second-order valence-corrected chi connectivity index (χ2v) is 3.91. The monoisotopic (exact) mass is 177 g/mol. The van der Waals surface area contributed by atoms with E-state index in [4.69, 9.17) is 10.8 Å². The number of halogens is 1. The highest BCUT2D eigenvalue weighted by molar-refractivity contribution is 4.84. The van der Waals surface area contributed by atoms with E-state index in [0.717, 1.165) is 6.42 Å². The first-order valence-corrected chi connectivity index (χ1v) is 4.50. The van der Waals surface area contributed by atoms with E-state index in [1.165, 1.54) is 0 Å². The zero-order chi connectivity index (χ0) is 9.61. The third-order valence-corrected chi connectivity index (χ3v) is 1.94. The molecule has 3 N–H and O–H groups in total. The average molecular weight is 177 g/mol. The maximum Gasteiger partial charge on any atom is 0.0895 e. The first kappa shape index (κ1) is 11.8. The molecule has 0 aromatic rings. The standard InChI is InChI=1S/C9H20FNO/c1-8(2)6-9(11,7-12)4-3-5-10/h8,12H,3-7,11H2,1-2H3/t9-/m1/s1. The van der Waals surface area contributed by atoms with Crippen LogP contribution in [0.1, 0.15) is 33.1 Å². The Bertz CT molecular complexity index is 119. The van der Waals surface area contributed by atoms with Gasteiger partial charge in [0.25, 0.3) is 0 Å². The predicted octanol–water partition coefficient (Wildman–Crippen LogP) is 1.47. The molecule has 0 fully saturated rings. The molecule has 0 aromatic heterocycles. The van der Waals surface area contributed by atoms with Gasteiger partial charge in [0.1, 0.15) is 0 Å². The summed E-state index contributed by atoms with van der Waals surface area (Å²) in [5, 5.41) is 9.01. The molecule has 0 saturated heterocycles. The van der Waals surface area contributed by atoms with E-state index >= 15 is 0 Å². The summed E-state index contributed by atoms with van der Waals surface area (Å²) >= 11 is 0. The maximum atomic E-state index is 11.9. The fraction of sp³-hybridized carbons (Fsp3) is 1.00. The second kappa shape index (κ2) is 5.49. The van der Waals surface area contributed by atoms with Gasteiger partial charge >= 0.3 is 0 Å². The highest BCUT2D eigenvalue weighted by atomic mass is 19.1. The molecule has 1 atom stereocenters. The summed E-state index contributed by atoms with van der Waals surface area (Å²) in [6.45, 7) is 3.70. The average Bonchev–Trinajstić information content (AvgIpc) is 2.00. The molecule has 0 aliphatic heterocycles. The first-order valence-electron chi connectivity index (χ1n) is 4.50. The van der Waals surface area contributed by atoms with E-state index < -0.39 is 5.54 Å². The minimum Gasteiger partial charge on any atom is -0.394 e. The Hall–Kier alpha value is -0.150. The van der Waals surface area contributed by atoms with Gasteiger partial charge in [-0.1, -0.05) is 13.8 Å². The van der Waals surface area contributed by atoms with Crippen LogP contribution in [0.4, 0.5) is 4.39 Å². The Labute approximate surface area is 74.0 Å². The van der Waals surface area contributed by atoms with Crippen molar-refractivity contribution >= 4 is 0 Å². The Morgan fingerprint density at radius 1 is 1.50 bits per heavy atom. The smallest absolute Gasteiger partial charge is 0.0895 e. The van der Waals surface area contributed by atoms with Crippen molar-refractivity contribution in [3.8, 4) is 0 Å². The Balaban J connectivity index is 3.86. The maximum absolute atomic E-state index is 11.9. The molecule has 0 aliphatic carbocycles. The number of aliphatic hydroxyl groups excluding tert-OH is 1. The molecule has 0 heterocycles. The fourth-order valence-corrected chi connectivity index (χ4v) is 1.48. The van der Waals surface area contributed by atoms with E-state index in [0.29, 0.717) is 18.8 Å². The zero-order valence-electron chi connectivity index (χ0n) is 8.02. The van der Waals surface area contributed by atoms with Crippen LogP contribution in [0.15, 0.2) is 0 Å². The van der Waals surface area contributed by atoms with Gasteiger partial charge in [-0.25, -0.2) is 0 Å². The van der Waals surface area contributed by atoms with E-state index in [2.05, 4.69) is 0 Å². The van der Waals surface area contributed by atoms with Gasteiger partial charge < -0.3 is 10.8 Å². The third kappa shape index (κ3) is 4.67. The van der Waals surface area contributed by atoms with Crippen LogP contribution in [0, 0.1) is 5.92 Å². The van der Waals surface area contributed by atoms with Crippen molar-refractivity contribution in [3.05, 3.63) is 0 Å². The molecule has 0 amide bonds. The summed E-state index contributed by atoms with van der Waals surface area (Å²) in [5.74, 6) is 0.446. The Morgan fingerprint density at radius 2 is 2.08 bits per heavy atom. The number of rotatable bonds is 6. The quantitative estimate of drug-likeness (QED) is 0.645. The molecular weight excluding hydrogens is 157 g/mol. The van der Waals surface area contributed by atoms with Crippen LogP contribution in [0.3, 0.4) is 0 Å². The number of hydrogen-bond acceptors (Lipinski definition) is 2. The topological polar surface area (TPSA) is 46.2 Å². The van der Waals surface area contributed by atoms with Crippen molar-refractivity contribution in [1.29, 1.82) is 0 Å². The molecule has 0 unspecified atom stereocenters. The van der Waals surface area contributed by atoms with Gasteiger partial charge in [-0.2, -0.15) is 0 Å². The van der Waals surface area contributed by atoms with Crippen LogP contribution >= 0.6 is 0 Å². The molecule has 74 valence electrons. The van der Waals surface area contributed by atoms with E-state index in [-0.39, 0.29) is 13.3 Å². The fourth-order valence-electron chi connectivity index (χ4n) is 1.48. The molecular formula is C9H20FNO. The van der Waals surface area contributed by atoms with Gasteiger partial charge in [0.05, 0.1) is 13.3 Å². The summed E-state index contributed by atoms with van der Waals surface area (Å²) < 4.78 is 11.9. The second-order valence-electron chi connectivity index (χ2n) is 3.91. The van der Waals surface area contributed by atoms with Crippen molar-refractivity contribution in [2.45, 2.75) is 38.6 Å². The summed E-state index contributed by atoms with van der Waals surface area (Å²) in [6.07, 6.45) is 1.77. The highest BCUT2D eigenvalue weighted by Gasteiger charge is 2.24. The van der Waals surface area contributed by atoms with Crippen molar-refractivity contribution in [3.63, 3.8) is 0 Å². The van der Waals surface area contributed by atoms with Gasteiger partial charge in [0.2, 0.25) is 0 Å². The normalized spacial score (nSPS) is 16.5. The van der Waals surface area contributed by atoms with Crippen LogP contribution in [-0.4, -0.2) is 23.9 Å². The van der Waals surface area contributed by atoms with Crippen LogP contribution < -0.4 is 5.73 Å². The Morgan fingerprint density at radius 3 is 2.42 bits per heavy atom. The number of alkyl halides is 1. The summed E-state index contributed by atoms with van der Waals surface area (Å²) in [6, 6.07) is 0. The molecule has 12 heavy (non-hydrogen) atoms. The number of nitrogens with two attached hydrogens (primary N) is 1. The highest BCUT2D eigenvalue weighted by Crippen LogP contribution is 2.19. The third-order valence-electron chi connectivity index (χ3n) is 1.94. The lowest BCUT2D eigenvalue weighted by Crippen LogP contribution is -2.44. The van der Waals surface area contributed by atoms with Crippen LogP contribution in [0.2, 0.25) is 0 Å². The lowest BCUT2D eigenvalue weighted by Gasteiger charge is -2.28. The van der Waals surface area contributed by atoms with Crippen LogP contribution in [0.5, 0.6) is 0 Å². The predicted molar refractivity (Wildman–Crippen MR) is 48.7 cm³/mol. The first-order chi connectivity index (χ1) is 5.54. The summed E-state index contributed by atoms with van der Waals surface area (Å²) in [4.78, 5) is 0. The molecule has 0 bridgehead atoms. The molecule has 0 aromatic carbocycles. The van der Waals surface area contributed by atoms with E-state index in [1.54, 1.807) is 0 Å². The van der Waals surface area contributed by atoms with Crippen molar-refractivity contribution < 1.29 is 9.50 Å². The van der Waals surface area contributed by atoms with Gasteiger partial charge in [-0.3, -0.25) is 4.39 Å². The van der Waals surface area contributed by atoms with Crippen LogP contribution in [0.25, 0.3) is 0 Å². The van der Waals surface area contributed by atoms with Gasteiger partial charge in [-0.15, -0.1) is 0 Å². The van der Waals surface area contributed by atoms with Crippen LogP contribution in [-0.2, 0) is 0 Å². The molecule has 0 aliphatic rings. The minimum absolute atomic E-state index is 0.0504. The van der Waals surface area contributed by atoms with Gasteiger partial charge in [0, 0.05) is 5.54 Å². The molecule has 0 saturated carbocycles. The molecule has 3 heteroatoms. The van der Waals surface area contributed by atoms with Gasteiger partial charge in [0.15, 0.2) is 0 Å². The van der Waals surface area contributed by atoms with Crippen molar-refractivity contribution in [1.82, 2.24) is 0 Å². The molecule has 0 rings (SSSR count). The summed E-state index contributed by atoms with van der Waals surface area (Å²) in [7, 11) is 0. The molecule has 0 spiro atoms. The van der Waals surface area contributed by atoms with Gasteiger partial charge in [-0.05, 0) is 25.2 Å². The molecule has 2 nitrogen and oxygen atoms in total. The Kier molecular flexibility index (Phi) is 5.42. The zero-order valence-corrected chi connectivity index (χ0v) is 8.02. The summed E-state index contributed by atoms with van der Waals surface area (Å²) in [5.41, 5.74) is 5.30. The SMILES string of the molecule is CC(C)C[C@@](N)(CO)CCCF. The largest absolute Gasteiger partial charge is 0.394 e. The number of hydrogen-bond donors (Lipinski definition) is 2. The number of aliphatic hydroxyl groups is 1. The van der Waals surface area contributed by atoms with Crippen molar-refractivity contribution in [2.75, 3.05) is 13.3 Å².